The fourth-order valence-corrected chi connectivity index (χ4v) is 1.63. The lowest BCUT2D eigenvalue weighted by Crippen LogP contribution is -2.01. The number of rotatable bonds is 3. The number of aryl methyl sites for hydroxylation is 1. The zero-order valence-corrected chi connectivity index (χ0v) is 10.1. The van der Waals surface area contributed by atoms with Crippen molar-refractivity contribution in [2.45, 2.75) is 13.5 Å². The van der Waals surface area contributed by atoms with Gasteiger partial charge in [-0.15, -0.1) is 5.10 Å². The van der Waals surface area contributed by atoms with Gasteiger partial charge in [-0.25, -0.2) is 0 Å². The van der Waals surface area contributed by atoms with Gasteiger partial charge in [0, 0.05) is 23.2 Å². The van der Waals surface area contributed by atoms with Crippen molar-refractivity contribution in [3.05, 3.63) is 46.6 Å². The molecule has 2 N–H and O–H groups in total. The van der Waals surface area contributed by atoms with Crippen LogP contribution in [0.15, 0.2) is 30.3 Å². The van der Waals surface area contributed by atoms with E-state index in [-0.39, 0.29) is 0 Å². The maximum absolute atomic E-state index is 6.02. The van der Waals surface area contributed by atoms with E-state index in [2.05, 4.69) is 10.2 Å². The van der Waals surface area contributed by atoms with Crippen LogP contribution in [0.4, 0.5) is 0 Å². The Kier molecular flexibility index (Phi) is 3.56. The molecule has 0 aliphatic carbocycles. The van der Waals surface area contributed by atoms with Gasteiger partial charge in [-0.2, -0.15) is 5.10 Å². The molecule has 1 heterocycles. The molecule has 0 atom stereocenters. The summed E-state index contributed by atoms with van der Waals surface area (Å²) in [5, 5.41) is 8.42. The van der Waals surface area contributed by atoms with Gasteiger partial charge in [0.15, 0.2) is 0 Å². The van der Waals surface area contributed by atoms with Crippen molar-refractivity contribution in [3.63, 3.8) is 0 Å². The van der Waals surface area contributed by atoms with E-state index >= 15 is 0 Å². The van der Waals surface area contributed by atoms with Crippen molar-refractivity contribution in [2.75, 3.05) is 0 Å². The van der Waals surface area contributed by atoms with E-state index < -0.39 is 0 Å². The second kappa shape index (κ2) is 5.12. The summed E-state index contributed by atoms with van der Waals surface area (Å²) in [7, 11) is 0. The molecular weight excluding hydrogens is 238 g/mol. The molecule has 0 saturated heterocycles. The molecule has 0 fully saturated rings. The lowest BCUT2D eigenvalue weighted by atomic mass is 10.2. The smallest absolute Gasteiger partial charge is 0.238 e. The number of ether oxygens (including phenoxy) is 1. The highest BCUT2D eigenvalue weighted by Crippen LogP contribution is 2.28. The molecule has 0 bridgehead atoms. The van der Waals surface area contributed by atoms with Crippen LogP contribution in [0.2, 0.25) is 5.02 Å². The van der Waals surface area contributed by atoms with Gasteiger partial charge >= 0.3 is 0 Å². The summed E-state index contributed by atoms with van der Waals surface area (Å²) in [6, 6.07) is 8.96. The monoisotopic (exact) mass is 249 g/mol. The van der Waals surface area contributed by atoms with E-state index in [1.807, 2.05) is 13.0 Å². The normalized spacial score (nSPS) is 10.3. The minimum absolute atomic E-state index is 0.314. The molecule has 88 valence electrons. The number of hydrogen-bond donors (Lipinski definition) is 1. The lowest BCUT2D eigenvalue weighted by molar-refractivity contribution is 0.449. The molecule has 1 aromatic carbocycles. The molecule has 0 amide bonds. The first-order valence-corrected chi connectivity index (χ1v) is 5.54. The minimum Gasteiger partial charge on any atom is -0.437 e. The number of aromatic nitrogens is 2. The van der Waals surface area contributed by atoms with Crippen LogP contribution in [-0.2, 0) is 6.54 Å². The van der Waals surface area contributed by atoms with Crippen molar-refractivity contribution in [1.29, 1.82) is 0 Å². The van der Waals surface area contributed by atoms with Crippen LogP contribution in [0.25, 0.3) is 0 Å². The molecule has 0 saturated carbocycles. The summed E-state index contributed by atoms with van der Waals surface area (Å²) in [5.41, 5.74) is 7.23. The van der Waals surface area contributed by atoms with E-state index in [9.17, 15) is 0 Å². The van der Waals surface area contributed by atoms with Gasteiger partial charge in [-0.05, 0) is 25.1 Å². The van der Waals surface area contributed by atoms with Crippen LogP contribution < -0.4 is 10.5 Å². The summed E-state index contributed by atoms with van der Waals surface area (Å²) < 4.78 is 5.60. The number of halogens is 1. The highest BCUT2D eigenvalue weighted by Gasteiger charge is 2.08. The molecule has 2 rings (SSSR count). The topological polar surface area (TPSA) is 61.0 Å². The molecule has 0 aliphatic heterocycles. The number of nitrogens with zero attached hydrogens (tertiary/aromatic N) is 2. The van der Waals surface area contributed by atoms with E-state index in [0.717, 1.165) is 11.3 Å². The first-order chi connectivity index (χ1) is 8.20. The zero-order chi connectivity index (χ0) is 12.3. The molecule has 4 nitrogen and oxygen atoms in total. The molecule has 2 aromatic rings. The summed E-state index contributed by atoms with van der Waals surface area (Å²) in [6.45, 7) is 2.18. The van der Waals surface area contributed by atoms with Gasteiger partial charge in [0.25, 0.3) is 0 Å². The first kappa shape index (κ1) is 11.8. The highest BCUT2D eigenvalue weighted by molar-refractivity contribution is 6.31. The Bertz CT molecular complexity index is 514. The largest absolute Gasteiger partial charge is 0.437 e. The van der Waals surface area contributed by atoms with Gasteiger partial charge in [0.1, 0.15) is 5.75 Å². The van der Waals surface area contributed by atoms with Gasteiger partial charge < -0.3 is 10.5 Å². The SMILES string of the molecule is Cc1ccc(Oc2cccc(Cl)c2CN)nn1. The molecule has 0 aliphatic rings. The number of benzene rings is 1. The summed E-state index contributed by atoms with van der Waals surface area (Å²) in [5.74, 6) is 1.03. The Hall–Kier alpha value is -1.65. The zero-order valence-electron chi connectivity index (χ0n) is 9.35. The Morgan fingerprint density at radius 1 is 1.24 bits per heavy atom. The molecule has 0 radical (unpaired) electrons. The third-order valence-electron chi connectivity index (χ3n) is 2.27. The predicted octanol–water partition coefficient (Wildman–Crippen LogP) is 2.69. The minimum atomic E-state index is 0.314. The second-order valence-corrected chi connectivity index (χ2v) is 3.94. The summed E-state index contributed by atoms with van der Waals surface area (Å²) in [6.07, 6.45) is 0. The van der Waals surface area contributed by atoms with E-state index in [0.29, 0.717) is 23.2 Å². The van der Waals surface area contributed by atoms with Crippen molar-refractivity contribution in [3.8, 4) is 11.6 Å². The van der Waals surface area contributed by atoms with Crippen molar-refractivity contribution in [2.24, 2.45) is 5.73 Å². The Labute approximate surface area is 104 Å². The Morgan fingerprint density at radius 3 is 2.71 bits per heavy atom. The van der Waals surface area contributed by atoms with Crippen LogP contribution in [0.3, 0.4) is 0 Å². The Balaban J connectivity index is 2.29. The van der Waals surface area contributed by atoms with Crippen molar-refractivity contribution >= 4 is 11.6 Å². The maximum Gasteiger partial charge on any atom is 0.238 e. The van der Waals surface area contributed by atoms with Crippen LogP contribution in [0.1, 0.15) is 11.3 Å². The second-order valence-electron chi connectivity index (χ2n) is 3.54. The molecule has 17 heavy (non-hydrogen) atoms. The fourth-order valence-electron chi connectivity index (χ4n) is 1.39. The molecule has 0 spiro atoms. The van der Waals surface area contributed by atoms with E-state index in [1.54, 1.807) is 24.3 Å². The number of nitrogens with two attached hydrogens (primary N) is 1. The van der Waals surface area contributed by atoms with Crippen molar-refractivity contribution < 1.29 is 4.74 Å². The molecular formula is C12H12ClN3O. The summed E-state index contributed by atoms with van der Waals surface area (Å²) >= 11 is 6.02. The van der Waals surface area contributed by atoms with Crippen LogP contribution in [0.5, 0.6) is 11.6 Å². The molecule has 0 unspecified atom stereocenters. The van der Waals surface area contributed by atoms with Crippen LogP contribution >= 0.6 is 11.6 Å². The van der Waals surface area contributed by atoms with Gasteiger partial charge in [-0.3, -0.25) is 0 Å². The summed E-state index contributed by atoms with van der Waals surface area (Å²) in [4.78, 5) is 0. The third-order valence-corrected chi connectivity index (χ3v) is 2.62. The highest BCUT2D eigenvalue weighted by atomic mass is 35.5. The van der Waals surface area contributed by atoms with E-state index in [1.165, 1.54) is 0 Å². The quantitative estimate of drug-likeness (QED) is 0.909. The van der Waals surface area contributed by atoms with Crippen LogP contribution in [0, 0.1) is 6.92 Å². The number of hydrogen-bond acceptors (Lipinski definition) is 4. The molecule has 1 aromatic heterocycles. The van der Waals surface area contributed by atoms with Gasteiger partial charge in [-0.1, -0.05) is 17.7 Å². The van der Waals surface area contributed by atoms with Gasteiger partial charge in [0.2, 0.25) is 5.88 Å². The predicted molar refractivity (Wildman–Crippen MR) is 66.2 cm³/mol. The molecule has 5 heteroatoms. The Morgan fingerprint density at radius 2 is 2.06 bits per heavy atom. The fraction of sp³-hybridized carbons (Fsp3) is 0.167. The van der Waals surface area contributed by atoms with Gasteiger partial charge in [0.05, 0.1) is 5.69 Å². The maximum atomic E-state index is 6.02. The first-order valence-electron chi connectivity index (χ1n) is 5.16. The average molecular weight is 250 g/mol. The lowest BCUT2D eigenvalue weighted by Gasteiger charge is -2.09. The van der Waals surface area contributed by atoms with Crippen molar-refractivity contribution in [1.82, 2.24) is 10.2 Å². The average Bonchev–Trinajstić information content (AvgIpc) is 2.32. The standard InChI is InChI=1S/C12H12ClN3O/c1-8-5-6-12(16-15-8)17-11-4-2-3-10(13)9(11)7-14/h2-6H,7,14H2,1H3. The van der Waals surface area contributed by atoms with Crippen LogP contribution in [-0.4, -0.2) is 10.2 Å². The van der Waals surface area contributed by atoms with E-state index in [4.69, 9.17) is 22.1 Å². The third kappa shape index (κ3) is 2.72.